The number of hydrogen-bond acceptors (Lipinski definition) is 5. The molecule has 35 heavy (non-hydrogen) atoms. The number of para-hydroxylation sites is 1. The molecule has 0 fully saturated rings. The Hall–Kier alpha value is -3.46. The van der Waals surface area contributed by atoms with E-state index in [1.54, 1.807) is 0 Å². The third kappa shape index (κ3) is 6.36. The molecule has 2 aromatic carbocycles. The summed E-state index contributed by atoms with van der Waals surface area (Å²) < 4.78 is 35.6. The second-order valence-corrected chi connectivity index (χ2v) is 9.51. The Bertz CT molecular complexity index is 1460. The summed E-state index contributed by atoms with van der Waals surface area (Å²) in [5.41, 5.74) is 8.57. The number of nitrogens with zero attached hydrogens (tertiary/aromatic N) is 3. The van der Waals surface area contributed by atoms with E-state index in [9.17, 15) is 13.0 Å². The quantitative estimate of drug-likeness (QED) is 0.234. The Morgan fingerprint density at radius 2 is 1.63 bits per heavy atom. The van der Waals surface area contributed by atoms with E-state index >= 15 is 0 Å². The van der Waals surface area contributed by atoms with Crippen molar-refractivity contribution in [2.45, 2.75) is 13.8 Å². The first-order chi connectivity index (χ1) is 16.5. The average molecular weight is 494 g/mol. The molecule has 0 N–H and O–H groups in total. The molecule has 4 rings (SSSR count). The first-order valence-corrected chi connectivity index (χ1v) is 12.4. The first kappa shape index (κ1) is 26.2. The summed E-state index contributed by atoms with van der Waals surface area (Å²) in [7, 11) is 2.67. The molecular weight excluding hydrogens is 462 g/mol. The number of rotatable bonds is 5. The molecule has 0 unspecified atom stereocenters. The molecule has 0 saturated heterocycles. The minimum atomic E-state index is -4.41. The van der Waals surface area contributed by atoms with Gasteiger partial charge in [0.15, 0.2) is 0 Å². The molecule has 0 spiro atoms. The maximum absolute atomic E-state index is 9.22. The number of aromatic nitrogens is 2. The van der Waals surface area contributed by atoms with Crippen molar-refractivity contribution in [3.63, 3.8) is 0 Å². The fourth-order valence-electron chi connectivity index (χ4n) is 3.96. The summed E-state index contributed by atoms with van der Waals surface area (Å²) >= 11 is 0. The maximum Gasteiger partial charge on any atom is 0.217 e. The van der Waals surface area contributed by atoms with E-state index in [2.05, 4.69) is 132 Å². The SMILES string of the molecule is COS(=O)(=O)[O-].Cc1cc(/C=C/c2ccc3cc(N(C)C)ccc3[n+]2C)c(C)n1-c1ccccc1. The maximum atomic E-state index is 9.22. The third-order valence-electron chi connectivity index (χ3n) is 5.83. The van der Waals surface area contributed by atoms with Gasteiger partial charge in [-0.1, -0.05) is 18.2 Å². The lowest BCUT2D eigenvalue weighted by Gasteiger charge is -2.12. The number of pyridine rings is 1. The Morgan fingerprint density at radius 1 is 0.971 bits per heavy atom. The molecular formula is C27H31N3O4S. The summed E-state index contributed by atoms with van der Waals surface area (Å²) in [5, 5.41) is 1.25. The fraction of sp³-hybridized carbons (Fsp3) is 0.222. The van der Waals surface area contributed by atoms with Crippen LogP contribution in [0.4, 0.5) is 5.69 Å². The van der Waals surface area contributed by atoms with Gasteiger partial charge in [-0.25, -0.2) is 8.42 Å². The first-order valence-electron chi connectivity index (χ1n) is 11.1. The van der Waals surface area contributed by atoms with Crippen LogP contribution in [0.2, 0.25) is 0 Å². The topological polar surface area (TPSA) is 78.5 Å². The molecule has 0 atom stereocenters. The van der Waals surface area contributed by atoms with Crippen LogP contribution < -0.4 is 9.47 Å². The van der Waals surface area contributed by atoms with Gasteiger partial charge in [-0.05, 0) is 61.9 Å². The highest BCUT2D eigenvalue weighted by atomic mass is 32.3. The van der Waals surface area contributed by atoms with Crippen LogP contribution in [0.15, 0.2) is 66.7 Å². The van der Waals surface area contributed by atoms with Gasteiger partial charge >= 0.3 is 0 Å². The van der Waals surface area contributed by atoms with Crippen molar-refractivity contribution >= 4 is 39.1 Å². The Labute approximate surface area is 207 Å². The number of hydrogen-bond donors (Lipinski definition) is 0. The van der Waals surface area contributed by atoms with Crippen molar-refractivity contribution < 1.29 is 21.7 Å². The molecule has 0 radical (unpaired) electrons. The molecule has 2 aromatic heterocycles. The summed E-state index contributed by atoms with van der Waals surface area (Å²) in [6.45, 7) is 4.35. The lowest BCUT2D eigenvalue weighted by Crippen LogP contribution is -2.32. The van der Waals surface area contributed by atoms with E-state index < -0.39 is 10.4 Å². The zero-order valence-corrected chi connectivity index (χ0v) is 21.7. The van der Waals surface area contributed by atoms with E-state index in [-0.39, 0.29) is 0 Å². The van der Waals surface area contributed by atoms with Crippen LogP contribution in [0.3, 0.4) is 0 Å². The molecule has 0 aliphatic carbocycles. The zero-order chi connectivity index (χ0) is 25.8. The van der Waals surface area contributed by atoms with Crippen molar-refractivity contribution in [3.05, 3.63) is 89.4 Å². The zero-order valence-electron chi connectivity index (χ0n) is 20.9. The van der Waals surface area contributed by atoms with Gasteiger partial charge in [0.05, 0.1) is 7.11 Å². The summed E-state index contributed by atoms with van der Waals surface area (Å²) in [6.07, 6.45) is 4.42. The molecule has 2 heterocycles. The fourth-order valence-corrected chi connectivity index (χ4v) is 3.96. The van der Waals surface area contributed by atoms with Gasteiger partial charge < -0.3 is 14.0 Å². The van der Waals surface area contributed by atoms with E-state index in [4.69, 9.17) is 0 Å². The number of anilines is 1. The Kier molecular flexibility index (Phi) is 8.11. The lowest BCUT2D eigenvalue weighted by molar-refractivity contribution is -0.646. The van der Waals surface area contributed by atoms with Crippen molar-refractivity contribution in [2.75, 3.05) is 26.1 Å². The molecule has 0 bridgehead atoms. The van der Waals surface area contributed by atoms with Gasteiger partial charge in [-0.3, -0.25) is 4.18 Å². The van der Waals surface area contributed by atoms with E-state index in [0.29, 0.717) is 0 Å². The van der Waals surface area contributed by atoms with Crippen LogP contribution in [-0.4, -0.2) is 38.7 Å². The standard InChI is InChI=1S/C26H28N3.CH4O4S/c1-19-17-21(20(2)29(19)24-9-7-6-8-10-24)11-13-23-14-12-22-18-25(27(3)4)15-16-26(22)28(23)5;1-5-6(2,3)4/h6-18H,1-5H3;1H3,(H,2,3,4)/q+1;/p-1. The second kappa shape index (κ2) is 10.9. The molecule has 184 valence electrons. The van der Waals surface area contributed by atoms with Gasteiger partial charge in [0.25, 0.3) is 0 Å². The highest BCUT2D eigenvalue weighted by molar-refractivity contribution is 7.80. The lowest BCUT2D eigenvalue weighted by atomic mass is 10.1. The average Bonchev–Trinajstić information content (AvgIpc) is 3.11. The smallest absolute Gasteiger partial charge is 0.217 e. The van der Waals surface area contributed by atoms with Crippen LogP contribution in [0, 0.1) is 13.8 Å². The van der Waals surface area contributed by atoms with E-state index in [0.717, 1.165) is 7.11 Å². The molecule has 0 aliphatic heterocycles. The van der Waals surface area contributed by atoms with Gasteiger partial charge in [-0.15, -0.1) is 0 Å². The van der Waals surface area contributed by atoms with Crippen molar-refractivity contribution in [3.8, 4) is 5.69 Å². The molecule has 0 amide bonds. The predicted octanol–water partition coefficient (Wildman–Crippen LogP) is 4.40. The molecule has 7 nitrogen and oxygen atoms in total. The number of fused-ring (bicyclic) bond motifs is 1. The number of benzene rings is 2. The van der Waals surface area contributed by atoms with Crippen LogP contribution in [0.5, 0.6) is 0 Å². The molecule has 0 aliphatic rings. The van der Waals surface area contributed by atoms with Crippen molar-refractivity contribution in [1.82, 2.24) is 4.57 Å². The minimum absolute atomic E-state index is 0.808. The Balaban J connectivity index is 0.000000509. The number of aryl methyl sites for hydroxylation is 2. The van der Waals surface area contributed by atoms with Crippen LogP contribution in [-0.2, 0) is 21.6 Å². The summed E-state index contributed by atoms with van der Waals surface area (Å²) in [4.78, 5) is 2.13. The van der Waals surface area contributed by atoms with E-state index in [1.807, 2.05) is 0 Å². The van der Waals surface area contributed by atoms with Gasteiger partial charge in [0.1, 0.15) is 7.05 Å². The van der Waals surface area contributed by atoms with E-state index in [1.165, 1.54) is 44.9 Å². The monoisotopic (exact) mass is 493 g/mol. The molecule has 4 aromatic rings. The third-order valence-corrected chi connectivity index (χ3v) is 6.24. The van der Waals surface area contributed by atoms with Crippen molar-refractivity contribution in [2.24, 2.45) is 7.05 Å². The van der Waals surface area contributed by atoms with Gasteiger partial charge in [0.2, 0.25) is 21.6 Å². The minimum Gasteiger partial charge on any atom is -0.726 e. The highest BCUT2D eigenvalue weighted by Gasteiger charge is 2.12. The predicted molar refractivity (Wildman–Crippen MR) is 140 cm³/mol. The van der Waals surface area contributed by atoms with Crippen LogP contribution in [0.25, 0.3) is 28.7 Å². The van der Waals surface area contributed by atoms with Crippen molar-refractivity contribution in [1.29, 1.82) is 0 Å². The van der Waals surface area contributed by atoms with Gasteiger partial charge in [-0.2, -0.15) is 4.57 Å². The van der Waals surface area contributed by atoms with Crippen LogP contribution >= 0.6 is 0 Å². The normalized spacial score (nSPS) is 11.5. The largest absolute Gasteiger partial charge is 0.726 e. The summed E-state index contributed by atoms with van der Waals surface area (Å²) in [6, 6.07) is 23.8. The molecule has 8 heteroatoms. The molecule has 0 saturated carbocycles. The summed E-state index contributed by atoms with van der Waals surface area (Å²) in [5.74, 6) is 0. The van der Waals surface area contributed by atoms with Crippen LogP contribution in [0.1, 0.15) is 22.6 Å². The highest BCUT2D eigenvalue weighted by Crippen LogP contribution is 2.23. The van der Waals surface area contributed by atoms with Gasteiger partial charge in [0, 0.05) is 60.5 Å². The Morgan fingerprint density at radius 3 is 2.23 bits per heavy atom. The second-order valence-electron chi connectivity index (χ2n) is 8.36.